The molecule has 0 N–H and O–H groups in total. The third-order valence-corrected chi connectivity index (χ3v) is 5.38. The maximum Gasteiger partial charge on any atom is 0.308 e. The van der Waals surface area contributed by atoms with Crippen molar-refractivity contribution in [2.24, 2.45) is 11.8 Å². The van der Waals surface area contributed by atoms with E-state index < -0.39 is 10.1 Å². The summed E-state index contributed by atoms with van der Waals surface area (Å²) in [5.74, 6) is -0.293. The van der Waals surface area contributed by atoms with Crippen molar-refractivity contribution >= 4 is 16.1 Å². The van der Waals surface area contributed by atoms with Gasteiger partial charge in [-0.15, -0.1) is 0 Å². The summed E-state index contributed by atoms with van der Waals surface area (Å²) >= 11 is 0. The molecule has 0 saturated heterocycles. The molecule has 1 saturated carbocycles. The van der Waals surface area contributed by atoms with Gasteiger partial charge in [0.15, 0.2) is 0 Å². The summed E-state index contributed by atoms with van der Waals surface area (Å²) in [5, 5.41) is 0. The molecule has 22 heavy (non-hydrogen) atoms. The molecule has 0 heterocycles. The van der Waals surface area contributed by atoms with Gasteiger partial charge in [-0.25, -0.2) is 0 Å². The molecule has 122 valence electrons. The monoisotopic (exact) mass is 326 g/mol. The summed E-state index contributed by atoms with van der Waals surface area (Å²) < 4.78 is 34.2. The Labute approximate surface area is 131 Å². The van der Waals surface area contributed by atoms with E-state index in [2.05, 4.69) is 0 Å². The van der Waals surface area contributed by atoms with Gasteiger partial charge in [0.25, 0.3) is 10.1 Å². The Hall–Kier alpha value is -1.40. The van der Waals surface area contributed by atoms with Crippen molar-refractivity contribution in [2.45, 2.75) is 37.5 Å². The summed E-state index contributed by atoms with van der Waals surface area (Å²) in [6.07, 6.45) is 3.18. The topological polar surface area (TPSA) is 69.7 Å². The van der Waals surface area contributed by atoms with Crippen LogP contribution in [0.1, 0.15) is 31.2 Å². The number of aryl methyl sites for hydroxylation is 1. The van der Waals surface area contributed by atoms with E-state index >= 15 is 0 Å². The zero-order valence-corrected chi connectivity index (χ0v) is 13.8. The molecule has 1 aromatic carbocycles. The Bertz CT molecular complexity index is 606. The highest BCUT2D eigenvalue weighted by Gasteiger charge is 2.29. The van der Waals surface area contributed by atoms with Gasteiger partial charge >= 0.3 is 5.97 Å². The second kappa shape index (κ2) is 7.24. The molecule has 2 rings (SSSR count). The lowest BCUT2D eigenvalue weighted by Gasteiger charge is -2.26. The van der Waals surface area contributed by atoms with Crippen molar-refractivity contribution in [3.63, 3.8) is 0 Å². The third-order valence-electron chi connectivity index (χ3n) is 4.09. The normalized spacial score (nSPS) is 22.3. The molecule has 0 aliphatic heterocycles. The van der Waals surface area contributed by atoms with Gasteiger partial charge in [-0.2, -0.15) is 8.42 Å². The molecule has 5 nitrogen and oxygen atoms in total. The summed E-state index contributed by atoms with van der Waals surface area (Å²) in [6, 6.07) is 6.57. The Balaban J connectivity index is 1.94. The van der Waals surface area contributed by atoms with Crippen LogP contribution in [0.25, 0.3) is 0 Å². The average molecular weight is 326 g/mol. The molecule has 1 aliphatic carbocycles. The molecule has 1 fully saturated rings. The van der Waals surface area contributed by atoms with E-state index in [1.165, 1.54) is 7.11 Å². The van der Waals surface area contributed by atoms with E-state index in [1.54, 1.807) is 24.3 Å². The number of rotatable bonds is 5. The van der Waals surface area contributed by atoms with Crippen LogP contribution in [0.3, 0.4) is 0 Å². The minimum Gasteiger partial charge on any atom is -0.469 e. The molecule has 0 amide bonds. The van der Waals surface area contributed by atoms with Gasteiger partial charge in [-0.05, 0) is 44.2 Å². The number of carbonyl (C=O) groups is 1. The summed E-state index contributed by atoms with van der Waals surface area (Å²) in [7, 11) is -2.36. The third kappa shape index (κ3) is 4.30. The van der Waals surface area contributed by atoms with Gasteiger partial charge in [0.2, 0.25) is 0 Å². The van der Waals surface area contributed by atoms with Crippen LogP contribution in [-0.2, 0) is 23.8 Å². The Morgan fingerprint density at radius 2 is 1.91 bits per heavy atom. The van der Waals surface area contributed by atoms with Crippen molar-refractivity contribution in [2.75, 3.05) is 13.7 Å². The van der Waals surface area contributed by atoms with Crippen molar-refractivity contribution in [1.29, 1.82) is 0 Å². The number of carbonyl (C=O) groups excluding carboxylic acids is 1. The number of hydrogen-bond donors (Lipinski definition) is 0. The maximum absolute atomic E-state index is 12.1. The predicted octanol–water partition coefficient (Wildman–Crippen LogP) is 2.68. The lowest BCUT2D eigenvalue weighted by atomic mass is 9.82. The molecular weight excluding hydrogens is 304 g/mol. The molecule has 1 aliphatic rings. The molecule has 0 spiro atoms. The molecule has 1 aromatic rings. The van der Waals surface area contributed by atoms with Gasteiger partial charge < -0.3 is 4.74 Å². The SMILES string of the molecule is COC(=O)[C@H]1CCC[C@@H](COS(=O)(=O)c2ccc(C)cc2)C1. The molecule has 0 aromatic heterocycles. The first-order valence-corrected chi connectivity index (χ1v) is 8.87. The Morgan fingerprint density at radius 3 is 2.55 bits per heavy atom. The van der Waals surface area contributed by atoms with Gasteiger partial charge in [0.05, 0.1) is 24.5 Å². The Kier molecular flexibility index (Phi) is 5.58. The summed E-state index contributed by atoms with van der Waals surface area (Å²) in [4.78, 5) is 11.8. The highest BCUT2D eigenvalue weighted by atomic mass is 32.2. The number of benzene rings is 1. The molecule has 6 heteroatoms. The second-order valence-electron chi connectivity index (χ2n) is 5.80. The fourth-order valence-electron chi connectivity index (χ4n) is 2.78. The van der Waals surface area contributed by atoms with E-state index in [0.717, 1.165) is 24.8 Å². The zero-order valence-electron chi connectivity index (χ0n) is 12.9. The summed E-state index contributed by atoms with van der Waals surface area (Å²) in [5.41, 5.74) is 0.993. The average Bonchev–Trinajstić information content (AvgIpc) is 2.53. The van der Waals surface area contributed by atoms with Crippen LogP contribution in [0.15, 0.2) is 29.2 Å². The molecule has 0 unspecified atom stereocenters. The van der Waals surface area contributed by atoms with E-state index in [-0.39, 0.29) is 29.3 Å². The van der Waals surface area contributed by atoms with Gasteiger partial charge in [-0.1, -0.05) is 24.1 Å². The fourth-order valence-corrected chi connectivity index (χ4v) is 3.76. The van der Waals surface area contributed by atoms with Crippen molar-refractivity contribution < 1.29 is 22.1 Å². The molecule has 0 radical (unpaired) electrons. The van der Waals surface area contributed by atoms with Crippen LogP contribution in [0.5, 0.6) is 0 Å². The highest BCUT2D eigenvalue weighted by molar-refractivity contribution is 7.86. The van der Waals surface area contributed by atoms with Crippen molar-refractivity contribution in [3.05, 3.63) is 29.8 Å². The van der Waals surface area contributed by atoms with Crippen LogP contribution in [-0.4, -0.2) is 28.1 Å². The lowest BCUT2D eigenvalue weighted by molar-refractivity contribution is -0.147. The van der Waals surface area contributed by atoms with Gasteiger partial charge in [0.1, 0.15) is 0 Å². The minimum absolute atomic E-state index is 0.0677. The number of ether oxygens (including phenoxy) is 1. The van der Waals surface area contributed by atoms with Crippen LogP contribution in [0.2, 0.25) is 0 Å². The van der Waals surface area contributed by atoms with E-state index in [9.17, 15) is 13.2 Å². The van der Waals surface area contributed by atoms with E-state index in [4.69, 9.17) is 8.92 Å². The van der Waals surface area contributed by atoms with Gasteiger partial charge in [0, 0.05) is 0 Å². The van der Waals surface area contributed by atoms with Gasteiger partial charge in [-0.3, -0.25) is 8.98 Å². The fraction of sp³-hybridized carbons (Fsp3) is 0.562. The van der Waals surface area contributed by atoms with E-state index in [1.807, 2.05) is 6.92 Å². The number of esters is 1. The van der Waals surface area contributed by atoms with Crippen LogP contribution in [0, 0.1) is 18.8 Å². The predicted molar refractivity (Wildman–Crippen MR) is 81.8 cm³/mol. The van der Waals surface area contributed by atoms with E-state index in [0.29, 0.717) is 6.42 Å². The molecule has 2 atom stereocenters. The molecule has 0 bridgehead atoms. The quantitative estimate of drug-likeness (QED) is 0.614. The van der Waals surface area contributed by atoms with Crippen LogP contribution < -0.4 is 0 Å². The zero-order chi connectivity index (χ0) is 16.2. The van der Waals surface area contributed by atoms with Crippen molar-refractivity contribution in [1.82, 2.24) is 0 Å². The highest BCUT2D eigenvalue weighted by Crippen LogP contribution is 2.30. The standard InChI is InChI=1S/C16H22O5S/c1-12-6-8-15(9-7-12)22(18,19)21-11-13-4-3-5-14(10-13)16(17)20-2/h6-9,13-14H,3-5,10-11H2,1-2H3/t13-,14+/m1/s1. The first-order chi connectivity index (χ1) is 10.4. The second-order valence-corrected chi connectivity index (χ2v) is 7.42. The van der Waals surface area contributed by atoms with Crippen LogP contribution in [0.4, 0.5) is 0 Å². The smallest absolute Gasteiger partial charge is 0.308 e. The lowest BCUT2D eigenvalue weighted by Crippen LogP contribution is -2.27. The Morgan fingerprint density at radius 1 is 1.23 bits per heavy atom. The number of hydrogen-bond acceptors (Lipinski definition) is 5. The van der Waals surface area contributed by atoms with Crippen LogP contribution >= 0.6 is 0 Å². The largest absolute Gasteiger partial charge is 0.469 e. The maximum atomic E-state index is 12.1. The minimum atomic E-state index is -3.74. The summed E-state index contributed by atoms with van der Waals surface area (Å²) in [6.45, 7) is 2.01. The first kappa shape index (κ1) is 17.0. The molecular formula is C16H22O5S. The first-order valence-electron chi connectivity index (χ1n) is 7.46. The van der Waals surface area contributed by atoms with Crippen molar-refractivity contribution in [3.8, 4) is 0 Å². The number of methoxy groups -OCH3 is 1.